The fourth-order valence-electron chi connectivity index (χ4n) is 3.26. The lowest BCUT2D eigenvalue weighted by molar-refractivity contribution is -0.148. The number of amides is 2. The van der Waals surface area contributed by atoms with Gasteiger partial charge in [0.05, 0.1) is 12.0 Å². The maximum Gasteiger partial charge on any atom is 0.329 e. The molecule has 1 saturated heterocycles. The van der Waals surface area contributed by atoms with E-state index in [4.69, 9.17) is 4.74 Å². The van der Waals surface area contributed by atoms with Crippen LogP contribution >= 0.6 is 11.8 Å². The van der Waals surface area contributed by atoms with E-state index in [-0.39, 0.29) is 17.4 Å². The molecule has 0 N–H and O–H groups in total. The maximum atomic E-state index is 12.6. The molecule has 0 radical (unpaired) electrons. The Kier molecular flexibility index (Phi) is 6.41. The van der Waals surface area contributed by atoms with E-state index in [0.29, 0.717) is 18.3 Å². The minimum Gasteiger partial charge on any atom is -0.464 e. The smallest absolute Gasteiger partial charge is 0.329 e. The van der Waals surface area contributed by atoms with Gasteiger partial charge in [-0.1, -0.05) is 26.2 Å². The summed E-state index contributed by atoms with van der Waals surface area (Å²) in [5.41, 5.74) is 0. The molecule has 1 heterocycles. The number of ether oxygens (including phenoxy) is 1. The molecule has 2 rings (SSSR count). The minimum absolute atomic E-state index is 0.0704. The highest BCUT2D eigenvalue weighted by Crippen LogP contribution is 2.41. The van der Waals surface area contributed by atoms with E-state index < -0.39 is 6.04 Å². The van der Waals surface area contributed by atoms with Gasteiger partial charge in [-0.15, -0.1) is 11.8 Å². The zero-order valence-corrected chi connectivity index (χ0v) is 14.7. The third-order valence-electron chi connectivity index (χ3n) is 4.41. The van der Waals surface area contributed by atoms with E-state index in [1.807, 2.05) is 6.92 Å². The van der Waals surface area contributed by atoms with Crippen molar-refractivity contribution in [3.8, 4) is 0 Å². The summed E-state index contributed by atoms with van der Waals surface area (Å²) >= 11 is 1.75. The maximum absolute atomic E-state index is 12.6. The van der Waals surface area contributed by atoms with Crippen LogP contribution in [0.5, 0.6) is 0 Å². The predicted octanol–water partition coefficient (Wildman–Crippen LogP) is 2.95. The lowest BCUT2D eigenvalue weighted by Crippen LogP contribution is -2.52. The van der Waals surface area contributed by atoms with Gasteiger partial charge < -0.3 is 9.64 Å². The number of hydrogen-bond donors (Lipinski definition) is 0. The van der Waals surface area contributed by atoms with E-state index in [2.05, 4.69) is 0 Å². The summed E-state index contributed by atoms with van der Waals surface area (Å²) in [5, 5.41) is 0.120. The Bertz CT molecular complexity index is 397. The molecule has 0 aromatic rings. The van der Waals surface area contributed by atoms with Crippen LogP contribution in [0.2, 0.25) is 0 Å². The molecule has 2 amide bonds. The van der Waals surface area contributed by atoms with Crippen LogP contribution in [0.15, 0.2) is 0 Å². The second kappa shape index (κ2) is 8.09. The van der Waals surface area contributed by atoms with Crippen LogP contribution in [-0.4, -0.2) is 59.7 Å². The molecule has 0 aromatic carbocycles. The highest BCUT2D eigenvalue weighted by atomic mass is 32.2. The molecule has 2 atom stereocenters. The highest BCUT2D eigenvalue weighted by molar-refractivity contribution is 8.00. The third-order valence-corrected chi connectivity index (χ3v) is 5.87. The largest absolute Gasteiger partial charge is 0.464 e. The monoisotopic (exact) mass is 328 g/mol. The molecule has 1 aliphatic carbocycles. The van der Waals surface area contributed by atoms with Crippen molar-refractivity contribution in [3.63, 3.8) is 0 Å². The van der Waals surface area contributed by atoms with Crippen molar-refractivity contribution in [3.05, 3.63) is 0 Å². The number of urea groups is 1. The van der Waals surface area contributed by atoms with E-state index in [1.54, 1.807) is 35.7 Å². The Balaban J connectivity index is 2.12. The summed E-state index contributed by atoms with van der Waals surface area (Å²) < 4.78 is 5.31. The molecule has 2 unspecified atom stereocenters. The van der Waals surface area contributed by atoms with E-state index >= 15 is 0 Å². The minimum atomic E-state index is -0.432. The van der Waals surface area contributed by atoms with Crippen LogP contribution < -0.4 is 0 Å². The standard InChI is InChI=1S/C16H28N2O3S/c1-4-10-21-15(19)13-11-22-14(12-8-6-5-7-9-12)18(13)16(20)17(2)3/h12-14H,4-11H2,1-3H3. The summed E-state index contributed by atoms with van der Waals surface area (Å²) in [6.07, 6.45) is 6.88. The van der Waals surface area contributed by atoms with Gasteiger partial charge in [0.15, 0.2) is 0 Å². The average Bonchev–Trinajstić information content (AvgIpc) is 2.97. The molecule has 1 aliphatic heterocycles. The molecule has 0 spiro atoms. The quantitative estimate of drug-likeness (QED) is 0.745. The molecule has 6 heteroatoms. The van der Waals surface area contributed by atoms with Gasteiger partial charge in [0.1, 0.15) is 6.04 Å². The van der Waals surface area contributed by atoms with Crippen LogP contribution in [0.1, 0.15) is 45.4 Å². The number of thioether (sulfide) groups is 1. The Morgan fingerprint density at radius 2 is 1.91 bits per heavy atom. The number of esters is 1. The van der Waals surface area contributed by atoms with Crippen molar-refractivity contribution in [2.75, 3.05) is 26.5 Å². The van der Waals surface area contributed by atoms with Gasteiger partial charge in [0.25, 0.3) is 0 Å². The Labute approximate surface area is 137 Å². The lowest BCUT2D eigenvalue weighted by Gasteiger charge is -2.36. The van der Waals surface area contributed by atoms with Crippen molar-refractivity contribution >= 4 is 23.8 Å². The molecule has 0 aromatic heterocycles. The first-order valence-corrected chi connectivity index (χ1v) is 9.39. The summed E-state index contributed by atoms with van der Waals surface area (Å²) in [5.74, 6) is 0.915. The molecule has 22 heavy (non-hydrogen) atoms. The number of carbonyl (C=O) groups excluding carboxylic acids is 2. The van der Waals surface area contributed by atoms with Crippen molar-refractivity contribution in [2.24, 2.45) is 5.92 Å². The van der Waals surface area contributed by atoms with E-state index in [1.165, 1.54) is 19.3 Å². The predicted molar refractivity (Wildman–Crippen MR) is 88.8 cm³/mol. The van der Waals surface area contributed by atoms with Gasteiger partial charge in [-0.2, -0.15) is 0 Å². The molecule has 2 fully saturated rings. The van der Waals surface area contributed by atoms with Crippen molar-refractivity contribution in [2.45, 2.75) is 56.9 Å². The molecule has 0 bridgehead atoms. The van der Waals surface area contributed by atoms with Crippen LogP contribution in [-0.2, 0) is 9.53 Å². The van der Waals surface area contributed by atoms with Crippen molar-refractivity contribution < 1.29 is 14.3 Å². The number of rotatable bonds is 4. The van der Waals surface area contributed by atoms with Gasteiger partial charge in [-0.3, -0.25) is 4.90 Å². The van der Waals surface area contributed by atoms with Gasteiger partial charge >= 0.3 is 12.0 Å². The molecule has 1 saturated carbocycles. The summed E-state index contributed by atoms with van der Waals surface area (Å²) in [6, 6.07) is -0.502. The summed E-state index contributed by atoms with van der Waals surface area (Å²) in [7, 11) is 3.50. The Morgan fingerprint density at radius 1 is 1.23 bits per heavy atom. The molecular weight excluding hydrogens is 300 g/mol. The third kappa shape index (κ3) is 3.89. The van der Waals surface area contributed by atoms with Crippen LogP contribution in [0.25, 0.3) is 0 Å². The first kappa shape index (κ1) is 17.4. The molecule has 5 nitrogen and oxygen atoms in total. The van der Waals surface area contributed by atoms with Crippen LogP contribution in [0, 0.1) is 5.92 Å². The zero-order valence-electron chi connectivity index (χ0n) is 13.9. The first-order valence-electron chi connectivity index (χ1n) is 8.34. The van der Waals surface area contributed by atoms with Gasteiger partial charge in [-0.25, -0.2) is 9.59 Å². The molecule has 2 aliphatic rings. The number of hydrogen-bond acceptors (Lipinski definition) is 4. The second-order valence-corrected chi connectivity index (χ2v) is 7.54. The Hall–Kier alpha value is -0.910. The Morgan fingerprint density at radius 3 is 2.50 bits per heavy atom. The molecule has 126 valence electrons. The lowest BCUT2D eigenvalue weighted by atomic mass is 9.88. The van der Waals surface area contributed by atoms with Crippen LogP contribution in [0.4, 0.5) is 4.79 Å². The molecular formula is C16H28N2O3S. The van der Waals surface area contributed by atoms with E-state index in [0.717, 1.165) is 19.3 Å². The number of carbonyl (C=O) groups is 2. The SMILES string of the molecule is CCCOC(=O)C1CSC(C2CCCCC2)N1C(=O)N(C)C. The van der Waals surface area contributed by atoms with Gasteiger partial charge in [0.2, 0.25) is 0 Å². The fraction of sp³-hybridized carbons (Fsp3) is 0.875. The topological polar surface area (TPSA) is 49.9 Å². The number of nitrogens with zero attached hydrogens (tertiary/aromatic N) is 2. The summed E-state index contributed by atoms with van der Waals surface area (Å²) in [6.45, 7) is 2.41. The fourth-order valence-corrected chi connectivity index (χ4v) is 4.88. The van der Waals surface area contributed by atoms with Crippen molar-refractivity contribution in [1.82, 2.24) is 9.80 Å². The summed E-state index contributed by atoms with van der Waals surface area (Å²) in [4.78, 5) is 28.3. The van der Waals surface area contributed by atoms with Crippen molar-refractivity contribution in [1.29, 1.82) is 0 Å². The first-order chi connectivity index (χ1) is 10.6. The van der Waals surface area contributed by atoms with Crippen LogP contribution in [0.3, 0.4) is 0 Å². The highest BCUT2D eigenvalue weighted by Gasteiger charge is 2.46. The second-order valence-electron chi connectivity index (χ2n) is 6.39. The van der Waals surface area contributed by atoms with Gasteiger partial charge in [0, 0.05) is 19.8 Å². The van der Waals surface area contributed by atoms with Gasteiger partial charge in [-0.05, 0) is 25.2 Å². The average molecular weight is 328 g/mol. The van der Waals surface area contributed by atoms with E-state index in [9.17, 15) is 9.59 Å². The normalized spacial score (nSPS) is 26.0. The zero-order chi connectivity index (χ0) is 16.1.